The Hall–Kier alpha value is -1.61. The molecule has 0 aromatic heterocycles. The third-order valence-corrected chi connectivity index (χ3v) is 4.34. The summed E-state index contributed by atoms with van der Waals surface area (Å²) in [6, 6.07) is 8.86. The van der Waals surface area contributed by atoms with Crippen molar-refractivity contribution in [1.29, 1.82) is 0 Å². The maximum atomic E-state index is 12.2. The molecule has 0 aliphatic carbocycles. The molecule has 1 fully saturated rings. The molecule has 3 rings (SSSR count). The fourth-order valence-corrected chi connectivity index (χ4v) is 3.37. The zero-order valence-corrected chi connectivity index (χ0v) is 11.6. The Kier molecular flexibility index (Phi) is 2.75. The number of hydrogen-bond donors (Lipinski definition) is 0. The predicted molar refractivity (Wildman–Crippen MR) is 73.7 cm³/mol. The van der Waals surface area contributed by atoms with Gasteiger partial charge in [0.1, 0.15) is 5.54 Å². The SMILES string of the molecule is COC(=O)[C@@]12CC=C[C@H](C)N1[C@H]2c1ccc(C)cc1. The smallest absolute Gasteiger partial charge is 0.328 e. The highest BCUT2D eigenvalue weighted by molar-refractivity contribution is 5.87. The van der Waals surface area contributed by atoms with Crippen LogP contribution in [0, 0.1) is 6.92 Å². The van der Waals surface area contributed by atoms with Gasteiger partial charge in [-0.3, -0.25) is 4.90 Å². The number of nitrogens with zero attached hydrogens (tertiary/aromatic N) is 1. The van der Waals surface area contributed by atoms with Crippen LogP contribution in [0.25, 0.3) is 0 Å². The van der Waals surface area contributed by atoms with Crippen LogP contribution < -0.4 is 0 Å². The molecule has 4 atom stereocenters. The number of fused-ring (bicyclic) bond motifs is 1. The molecule has 0 bridgehead atoms. The van der Waals surface area contributed by atoms with Crippen LogP contribution in [0.5, 0.6) is 0 Å². The van der Waals surface area contributed by atoms with Gasteiger partial charge in [-0.1, -0.05) is 42.0 Å². The summed E-state index contributed by atoms with van der Waals surface area (Å²) in [7, 11) is 1.47. The van der Waals surface area contributed by atoms with Gasteiger partial charge in [-0.15, -0.1) is 0 Å². The fourth-order valence-electron chi connectivity index (χ4n) is 3.37. The molecule has 2 aliphatic heterocycles. The highest BCUT2D eigenvalue weighted by Crippen LogP contribution is 2.59. The average Bonchev–Trinajstić information content (AvgIpc) is 3.11. The second kappa shape index (κ2) is 4.20. The topological polar surface area (TPSA) is 29.3 Å². The molecule has 2 heterocycles. The van der Waals surface area contributed by atoms with Crippen molar-refractivity contribution >= 4 is 5.97 Å². The van der Waals surface area contributed by atoms with E-state index in [-0.39, 0.29) is 18.1 Å². The van der Waals surface area contributed by atoms with Gasteiger partial charge >= 0.3 is 5.97 Å². The van der Waals surface area contributed by atoms with Crippen molar-refractivity contribution in [2.24, 2.45) is 0 Å². The molecular weight excluding hydrogens is 238 g/mol. The van der Waals surface area contributed by atoms with Crippen LogP contribution in [0.15, 0.2) is 36.4 Å². The molecular formula is C16H19NO2. The van der Waals surface area contributed by atoms with E-state index < -0.39 is 5.54 Å². The Morgan fingerprint density at radius 1 is 1.37 bits per heavy atom. The number of hydrogen-bond acceptors (Lipinski definition) is 3. The standard InChI is InChI=1S/C16H19NO2/c1-11-6-8-13(9-7-11)14-16(15(18)19-3)10-4-5-12(2)17(14)16/h4-9,12,14H,10H2,1-3H3/t12-,14-,16-,17?/m0/s1. The zero-order valence-electron chi connectivity index (χ0n) is 11.6. The van der Waals surface area contributed by atoms with Gasteiger partial charge in [0.25, 0.3) is 0 Å². The number of carbonyl (C=O) groups excluding carboxylic acids is 1. The Bertz CT molecular complexity index is 534. The van der Waals surface area contributed by atoms with Gasteiger partial charge in [0.15, 0.2) is 0 Å². The molecule has 2 aliphatic rings. The molecule has 3 nitrogen and oxygen atoms in total. The van der Waals surface area contributed by atoms with Crippen molar-refractivity contribution < 1.29 is 9.53 Å². The van der Waals surface area contributed by atoms with E-state index in [4.69, 9.17) is 4.74 Å². The Morgan fingerprint density at radius 2 is 2.05 bits per heavy atom. The van der Waals surface area contributed by atoms with Crippen LogP contribution >= 0.6 is 0 Å². The normalized spacial score (nSPS) is 35.6. The van der Waals surface area contributed by atoms with E-state index in [2.05, 4.69) is 55.2 Å². The maximum Gasteiger partial charge on any atom is 0.328 e. The summed E-state index contributed by atoms with van der Waals surface area (Å²) in [5.74, 6) is -0.116. The van der Waals surface area contributed by atoms with Crippen LogP contribution in [0.3, 0.4) is 0 Å². The summed E-state index contributed by atoms with van der Waals surface area (Å²) in [5, 5.41) is 0. The van der Waals surface area contributed by atoms with Gasteiger partial charge in [-0.05, 0) is 25.8 Å². The number of ether oxygens (including phenoxy) is 1. The third-order valence-electron chi connectivity index (χ3n) is 4.34. The minimum absolute atomic E-state index is 0.116. The summed E-state index contributed by atoms with van der Waals surface area (Å²) in [4.78, 5) is 14.5. The summed E-state index contributed by atoms with van der Waals surface area (Å²) >= 11 is 0. The van der Waals surface area contributed by atoms with Gasteiger partial charge in [-0.2, -0.15) is 0 Å². The molecule has 0 N–H and O–H groups in total. The molecule has 19 heavy (non-hydrogen) atoms. The average molecular weight is 257 g/mol. The highest BCUT2D eigenvalue weighted by atomic mass is 16.5. The second-order valence-corrected chi connectivity index (χ2v) is 5.51. The largest absolute Gasteiger partial charge is 0.468 e. The number of carbonyl (C=O) groups is 1. The van der Waals surface area contributed by atoms with E-state index in [0.717, 1.165) is 6.42 Å². The number of benzene rings is 1. The van der Waals surface area contributed by atoms with E-state index in [1.807, 2.05) is 0 Å². The van der Waals surface area contributed by atoms with E-state index in [1.54, 1.807) is 0 Å². The molecule has 1 saturated heterocycles. The van der Waals surface area contributed by atoms with E-state index >= 15 is 0 Å². The van der Waals surface area contributed by atoms with Crippen molar-refractivity contribution in [3.05, 3.63) is 47.5 Å². The van der Waals surface area contributed by atoms with Gasteiger partial charge in [0.2, 0.25) is 0 Å². The monoisotopic (exact) mass is 257 g/mol. The lowest BCUT2D eigenvalue weighted by Crippen LogP contribution is -2.35. The second-order valence-electron chi connectivity index (χ2n) is 5.51. The fraction of sp³-hybridized carbons (Fsp3) is 0.438. The number of methoxy groups -OCH3 is 1. The lowest BCUT2D eigenvalue weighted by Gasteiger charge is -2.20. The van der Waals surface area contributed by atoms with Crippen LogP contribution in [0.1, 0.15) is 30.5 Å². The summed E-state index contributed by atoms with van der Waals surface area (Å²) in [5.41, 5.74) is 1.96. The van der Waals surface area contributed by atoms with Crippen LogP contribution in [0.2, 0.25) is 0 Å². The Labute approximate surface area is 113 Å². The molecule has 0 spiro atoms. The lowest BCUT2D eigenvalue weighted by atomic mass is 9.94. The number of aryl methyl sites for hydroxylation is 1. The molecule has 1 unspecified atom stereocenters. The molecule has 3 heteroatoms. The number of rotatable bonds is 2. The zero-order chi connectivity index (χ0) is 13.6. The molecule has 100 valence electrons. The van der Waals surface area contributed by atoms with Crippen molar-refractivity contribution in [3.63, 3.8) is 0 Å². The third kappa shape index (κ3) is 1.65. The van der Waals surface area contributed by atoms with Crippen molar-refractivity contribution in [3.8, 4) is 0 Å². The van der Waals surface area contributed by atoms with Gasteiger partial charge in [0, 0.05) is 6.04 Å². The van der Waals surface area contributed by atoms with E-state index in [9.17, 15) is 4.79 Å². The minimum atomic E-state index is -0.474. The lowest BCUT2D eigenvalue weighted by molar-refractivity contribution is -0.145. The number of esters is 1. The van der Waals surface area contributed by atoms with Gasteiger partial charge in [0.05, 0.1) is 13.2 Å². The first-order chi connectivity index (χ1) is 9.11. The quantitative estimate of drug-likeness (QED) is 0.463. The van der Waals surface area contributed by atoms with Crippen LogP contribution in [-0.2, 0) is 9.53 Å². The van der Waals surface area contributed by atoms with E-state index in [0.29, 0.717) is 0 Å². The van der Waals surface area contributed by atoms with Crippen molar-refractivity contribution in [1.82, 2.24) is 4.90 Å². The first kappa shape index (κ1) is 12.4. The minimum Gasteiger partial charge on any atom is -0.468 e. The van der Waals surface area contributed by atoms with Gasteiger partial charge in [-0.25, -0.2) is 4.79 Å². The summed E-state index contributed by atoms with van der Waals surface area (Å²) < 4.78 is 5.04. The molecule has 1 aromatic carbocycles. The maximum absolute atomic E-state index is 12.2. The van der Waals surface area contributed by atoms with Crippen molar-refractivity contribution in [2.75, 3.05) is 7.11 Å². The predicted octanol–water partition coefficient (Wildman–Crippen LogP) is 2.61. The van der Waals surface area contributed by atoms with Crippen molar-refractivity contribution in [2.45, 2.75) is 37.9 Å². The van der Waals surface area contributed by atoms with E-state index in [1.165, 1.54) is 18.2 Å². The molecule has 0 amide bonds. The highest BCUT2D eigenvalue weighted by Gasteiger charge is 2.70. The molecule has 0 radical (unpaired) electrons. The van der Waals surface area contributed by atoms with Crippen LogP contribution in [0.4, 0.5) is 0 Å². The van der Waals surface area contributed by atoms with Gasteiger partial charge < -0.3 is 4.74 Å². The van der Waals surface area contributed by atoms with Crippen LogP contribution in [-0.4, -0.2) is 29.6 Å². The molecule has 0 saturated carbocycles. The first-order valence-corrected chi connectivity index (χ1v) is 6.71. The molecule has 1 aromatic rings. The summed E-state index contributed by atoms with van der Waals surface area (Å²) in [6.45, 7) is 4.20. The first-order valence-electron chi connectivity index (χ1n) is 6.71. The summed E-state index contributed by atoms with van der Waals surface area (Å²) in [6.07, 6.45) is 5.00. The Morgan fingerprint density at radius 3 is 2.68 bits per heavy atom. The Balaban J connectivity index is 1.99.